The molecule has 1 N–H and O–H groups in total. The number of ether oxygens (including phenoxy) is 1. The van der Waals surface area contributed by atoms with Crippen molar-refractivity contribution in [1.29, 1.82) is 0 Å². The molecule has 0 radical (unpaired) electrons. The molecule has 2 aromatic rings. The summed E-state index contributed by atoms with van der Waals surface area (Å²) in [7, 11) is 1.66. The van der Waals surface area contributed by atoms with Crippen LogP contribution in [0.15, 0.2) is 24.3 Å². The molecule has 1 heterocycles. The highest BCUT2D eigenvalue weighted by Gasteiger charge is 2.18. The first-order valence-corrected chi connectivity index (χ1v) is 8.50. The highest BCUT2D eigenvalue weighted by atomic mass is 16.5. The zero-order valence-electron chi connectivity index (χ0n) is 13.7. The molecule has 0 aliphatic heterocycles. The van der Waals surface area contributed by atoms with E-state index in [1.807, 2.05) is 28.9 Å². The number of aliphatic hydroxyl groups excluding tert-OH is 1. The summed E-state index contributed by atoms with van der Waals surface area (Å²) in [5.41, 5.74) is 2.68. The van der Waals surface area contributed by atoms with Crippen molar-refractivity contribution in [2.75, 3.05) is 7.11 Å². The first kappa shape index (κ1) is 16.0. The molecule has 0 saturated heterocycles. The van der Waals surface area contributed by atoms with Crippen molar-refractivity contribution < 1.29 is 9.84 Å². The van der Waals surface area contributed by atoms with Gasteiger partial charge in [-0.1, -0.05) is 37.3 Å². The van der Waals surface area contributed by atoms with E-state index in [0.717, 1.165) is 35.9 Å². The van der Waals surface area contributed by atoms with Gasteiger partial charge in [0.05, 0.1) is 25.1 Å². The number of rotatable bonds is 6. The van der Waals surface area contributed by atoms with Gasteiger partial charge in [0.2, 0.25) is 0 Å². The molecule has 0 amide bonds. The van der Waals surface area contributed by atoms with E-state index in [-0.39, 0.29) is 6.61 Å². The Balaban J connectivity index is 1.78. The Morgan fingerprint density at radius 1 is 1.17 bits per heavy atom. The SMILES string of the molecule is COc1ccc(-n2nnc(CO)c2CCC2CCCCC2)cc1. The summed E-state index contributed by atoms with van der Waals surface area (Å²) in [6.07, 6.45) is 8.82. The number of benzene rings is 1. The predicted molar refractivity (Wildman–Crippen MR) is 88.7 cm³/mol. The van der Waals surface area contributed by atoms with Crippen molar-refractivity contribution >= 4 is 0 Å². The second-order valence-electron chi connectivity index (χ2n) is 6.29. The number of aliphatic hydroxyl groups is 1. The number of nitrogens with zero attached hydrogens (tertiary/aromatic N) is 3. The number of hydrogen-bond acceptors (Lipinski definition) is 4. The van der Waals surface area contributed by atoms with Crippen molar-refractivity contribution in [3.63, 3.8) is 0 Å². The van der Waals surface area contributed by atoms with E-state index in [0.29, 0.717) is 5.69 Å². The fourth-order valence-electron chi connectivity index (χ4n) is 3.45. The van der Waals surface area contributed by atoms with Crippen LogP contribution in [0.5, 0.6) is 5.75 Å². The van der Waals surface area contributed by atoms with Crippen LogP contribution in [0.25, 0.3) is 5.69 Å². The maximum atomic E-state index is 9.56. The van der Waals surface area contributed by atoms with Gasteiger partial charge in [-0.2, -0.15) is 0 Å². The fourth-order valence-corrected chi connectivity index (χ4v) is 3.45. The summed E-state index contributed by atoms with van der Waals surface area (Å²) in [4.78, 5) is 0. The molecule has 0 spiro atoms. The van der Waals surface area contributed by atoms with Gasteiger partial charge >= 0.3 is 0 Å². The van der Waals surface area contributed by atoms with Gasteiger partial charge < -0.3 is 9.84 Å². The van der Waals surface area contributed by atoms with Crippen LogP contribution in [0.3, 0.4) is 0 Å². The van der Waals surface area contributed by atoms with Crippen molar-refractivity contribution in [3.05, 3.63) is 35.7 Å². The molecule has 1 aromatic carbocycles. The van der Waals surface area contributed by atoms with Gasteiger partial charge in [0.25, 0.3) is 0 Å². The lowest BCUT2D eigenvalue weighted by atomic mass is 9.85. The van der Waals surface area contributed by atoms with Crippen molar-refractivity contribution in [3.8, 4) is 11.4 Å². The maximum absolute atomic E-state index is 9.56. The smallest absolute Gasteiger partial charge is 0.119 e. The molecule has 1 aliphatic rings. The van der Waals surface area contributed by atoms with Gasteiger partial charge in [-0.05, 0) is 43.0 Å². The van der Waals surface area contributed by atoms with Gasteiger partial charge in [-0.3, -0.25) is 0 Å². The topological polar surface area (TPSA) is 60.2 Å². The van der Waals surface area contributed by atoms with Crippen LogP contribution in [0.2, 0.25) is 0 Å². The van der Waals surface area contributed by atoms with Crippen LogP contribution >= 0.6 is 0 Å². The molecular formula is C18H25N3O2. The van der Waals surface area contributed by atoms with E-state index in [4.69, 9.17) is 4.74 Å². The molecule has 0 bridgehead atoms. The Kier molecular flexibility index (Phi) is 5.28. The second kappa shape index (κ2) is 7.59. The number of methoxy groups -OCH3 is 1. The van der Waals surface area contributed by atoms with Crippen molar-refractivity contribution in [2.45, 2.75) is 51.6 Å². The molecule has 1 aliphatic carbocycles. The summed E-state index contributed by atoms with van der Waals surface area (Å²) in [6.45, 7) is -0.0594. The third-order valence-corrected chi connectivity index (χ3v) is 4.82. The molecule has 5 heteroatoms. The maximum Gasteiger partial charge on any atom is 0.119 e. The van der Waals surface area contributed by atoms with E-state index in [9.17, 15) is 5.11 Å². The first-order valence-electron chi connectivity index (χ1n) is 8.50. The summed E-state index contributed by atoms with van der Waals surface area (Å²) < 4.78 is 7.06. The Hall–Kier alpha value is -1.88. The molecule has 0 unspecified atom stereocenters. The Labute approximate surface area is 137 Å². The Bertz CT molecular complexity index is 616. The zero-order valence-corrected chi connectivity index (χ0v) is 13.7. The Morgan fingerprint density at radius 3 is 2.57 bits per heavy atom. The molecule has 124 valence electrons. The van der Waals surface area contributed by atoms with E-state index in [2.05, 4.69) is 10.3 Å². The van der Waals surface area contributed by atoms with Crippen LogP contribution in [-0.2, 0) is 13.0 Å². The first-order chi connectivity index (χ1) is 11.3. The van der Waals surface area contributed by atoms with Crippen LogP contribution in [-0.4, -0.2) is 27.2 Å². The standard InChI is InChI=1S/C18H25N3O2/c1-23-16-10-8-15(9-11-16)21-18(17(13-22)19-20-21)12-7-14-5-3-2-4-6-14/h8-11,14,22H,2-7,12-13H2,1H3. The van der Waals surface area contributed by atoms with Gasteiger partial charge in [-0.15, -0.1) is 5.10 Å². The van der Waals surface area contributed by atoms with Crippen LogP contribution in [0, 0.1) is 5.92 Å². The van der Waals surface area contributed by atoms with E-state index < -0.39 is 0 Å². The minimum absolute atomic E-state index is 0.0594. The van der Waals surface area contributed by atoms with E-state index in [1.54, 1.807) is 7.11 Å². The molecular weight excluding hydrogens is 290 g/mol. The number of aromatic nitrogens is 3. The molecule has 0 atom stereocenters. The largest absolute Gasteiger partial charge is 0.497 e. The van der Waals surface area contributed by atoms with E-state index in [1.165, 1.54) is 32.1 Å². The predicted octanol–water partition coefficient (Wildman–Crippen LogP) is 3.28. The van der Waals surface area contributed by atoms with Crippen molar-refractivity contribution in [2.24, 2.45) is 5.92 Å². The van der Waals surface area contributed by atoms with Gasteiger partial charge in [0.15, 0.2) is 0 Å². The van der Waals surface area contributed by atoms with Crippen LogP contribution in [0.4, 0.5) is 0 Å². The highest BCUT2D eigenvalue weighted by Crippen LogP contribution is 2.28. The molecule has 1 fully saturated rings. The lowest BCUT2D eigenvalue weighted by Crippen LogP contribution is -2.10. The third kappa shape index (κ3) is 3.72. The minimum atomic E-state index is -0.0594. The summed E-state index contributed by atoms with van der Waals surface area (Å²) in [5, 5.41) is 18.0. The fraction of sp³-hybridized carbons (Fsp3) is 0.556. The summed E-state index contributed by atoms with van der Waals surface area (Å²) in [5.74, 6) is 1.62. The third-order valence-electron chi connectivity index (χ3n) is 4.82. The van der Waals surface area contributed by atoms with Crippen molar-refractivity contribution in [1.82, 2.24) is 15.0 Å². The second-order valence-corrected chi connectivity index (χ2v) is 6.29. The molecule has 1 aromatic heterocycles. The average Bonchev–Trinajstić information content (AvgIpc) is 3.04. The highest BCUT2D eigenvalue weighted by molar-refractivity contribution is 5.38. The normalized spacial score (nSPS) is 15.7. The molecule has 5 nitrogen and oxygen atoms in total. The van der Waals surface area contributed by atoms with Crippen LogP contribution < -0.4 is 4.74 Å². The van der Waals surface area contributed by atoms with E-state index >= 15 is 0 Å². The number of hydrogen-bond donors (Lipinski definition) is 1. The summed E-state index contributed by atoms with van der Waals surface area (Å²) in [6, 6.07) is 7.78. The lowest BCUT2D eigenvalue weighted by molar-refractivity contribution is 0.274. The minimum Gasteiger partial charge on any atom is -0.497 e. The van der Waals surface area contributed by atoms with Gasteiger partial charge in [-0.25, -0.2) is 4.68 Å². The zero-order chi connectivity index (χ0) is 16.1. The average molecular weight is 315 g/mol. The van der Waals surface area contributed by atoms with Gasteiger partial charge in [0, 0.05) is 0 Å². The monoisotopic (exact) mass is 315 g/mol. The lowest BCUT2D eigenvalue weighted by Gasteiger charge is -2.21. The summed E-state index contributed by atoms with van der Waals surface area (Å²) >= 11 is 0. The van der Waals surface area contributed by atoms with Gasteiger partial charge in [0.1, 0.15) is 11.4 Å². The molecule has 1 saturated carbocycles. The molecule has 3 rings (SSSR count). The molecule has 23 heavy (non-hydrogen) atoms. The Morgan fingerprint density at radius 2 is 1.91 bits per heavy atom. The van der Waals surface area contributed by atoms with Crippen LogP contribution in [0.1, 0.15) is 49.9 Å². The quantitative estimate of drug-likeness (QED) is 0.888.